The van der Waals surface area contributed by atoms with E-state index in [-0.39, 0.29) is 12.1 Å². The number of hydrogen-bond donors (Lipinski definition) is 1. The summed E-state index contributed by atoms with van der Waals surface area (Å²) in [6, 6.07) is 5.24. The third-order valence-electron chi connectivity index (χ3n) is 2.62. The van der Waals surface area contributed by atoms with Gasteiger partial charge in [0.2, 0.25) is 5.88 Å². The lowest BCUT2D eigenvalue weighted by atomic mass is 10.2. The summed E-state index contributed by atoms with van der Waals surface area (Å²) >= 11 is 0. The Morgan fingerprint density at radius 1 is 1.67 bits per heavy atom. The molecule has 18 heavy (non-hydrogen) atoms. The predicted octanol–water partition coefficient (Wildman–Crippen LogP) is 0.746. The fourth-order valence-corrected chi connectivity index (χ4v) is 1.63. The molecule has 0 unspecified atom stereocenters. The van der Waals surface area contributed by atoms with Crippen LogP contribution in [0, 0.1) is 11.3 Å². The molecule has 2 amide bonds. The molecule has 0 bridgehead atoms. The molecule has 1 aliphatic rings. The van der Waals surface area contributed by atoms with Crippen LogP contribution in [0.5, 0.6) is 5.88 Å². The van der Waals surface area contributed by atoms with Gasteiger partial charge < -0.3 is 15.0 Å². The number of ether oxygens (including phenoxy) is 1. The number of nitrogens with zero attached hydrogens (tertiary/aromatic N) is 3. The maximum absolute atomic E-state index is 11.4. The van der Waals surface area contributed by atoms with Gasteiger partial charge in [-0.25, -0.2) is 9.78 Å². The molecule has 94 valence electrons. The molecule has 0 radical (unpaired) electrons. The summed E-state index contributed by atoms with van der Waals surface area (Å²) in [6.45, 7) is 3.63. The molecule has 1 aliphatic heterocycles. The molecule has 0 saturated carbocycles. The first-order valence-electron chi connectivity index (χ1n) is 5.78. The largest absolute Gasteiger partial charge is 0.471 e. The average molecular weight is 246 g/mol. The molecular formula is C12H14N4O2. The van der Waals surface area contributed by atoms with Gasteiger partial charge in [0.05, 0.1) is 18.7 Å². The zero-order valence-electron chi connectivity index (χ0n) is 10.1. The summed E-state index contributed by atoms with van der Waals surface area (Å²) in [4.78, 5) is 17.1. The minimum absolute atomic E-state index is 0.0203. The smallest absolute Gasteiger partial charge is 0.317 e. The molecule has 6 heteroatoms. The Balaban J connectivity index is 1.79. The molecule has 1 saturated heterocycles. The number of hydrogen-bond acceptors (Lipinski definition) is 4. The maximum atomic E-state index is 11.4. The Bertz CT molecular complexity index is 460. The summed E-state index contributed by atoms with van der Waals surface area (Å²) in [5, 5.41) is 11.4. The molecule has 0 atom stereocenters. The number of likely N-dealkylation sites (tertiary alicyclic amines) is 1. The van der Waals surface area contributed by atoms with Gasteiger partial charge in [0.1, 0.15) is 12.2 Å². The highest BCUT2D eigenvalue weighted by Crippen LogP contribution is 2.16. The highest BCUT2D eigenvalue weighted by molar-refractivity contribution is 5.75. The Morgan fingerprint density at radius 3 is 3.00 bits per heavy atom. The van der Waals surface area contributed by atoms with Crippen molar-refractivity contribution >= 4 is 6.03 Å². The van der Waals surface area contributed by atoms with Gasteiger partial charge in [-0.05, 0) is 13.0 Å². The number of carbonyl (C=O) groups is 1. The van der Waals surface area contributed by atoms with Gasteiger partial charge in [-0.3, -0.25) is 0 Å². The van der Waals surface area contributed by atoms with Gasteiger partial charge in [0.15, 0.2) is 0 Å². The molecular weight excluding hydrogens is 232 g/mol. The van der Waals surface area contributed by atoms with E-state index in [9.17, 15) is 4.79 Å². The van der Waals surface area contributed by atoms with Crippen molar-refractivity contribution in [1.29, 1.82) is 5.26 Å². The Labute approximate surface area is 105 Å². The molecule has 6 nitrogen and oxygen atoms in total. The zero-order chi connectivity index (χ0) is 13.0. The van der Waals surface area contributed by atoms with E-state index in [1.165, 1.54) is 6.20 Å². The van der Waals surface area contributed by atoms with Crippen molar-refractivity contribution in [2.75, 3.05) is 19.6 Å². The topological polar surface area (TPSA) is 78.3 Å². The van der Waals surface area contributed by atoms with E-state index >= 15 is 0 Å². The lowest BCUT2D eigenvalue weighted by Crippen LogP contribution is -2.58. The van der Waals surface area contributed by atoms with Gasteiger partial charge in [-0.15, -0.1) is 0 Å². The van der Waals surface area contributed by atoms with E-state index in [1.54, 1.807) is 17.0 Å². The fourth-order valence-electron chi connectivity index (χ4n) is 1.63. The van der Waals surface area contributed by atoms with Crippen LogP contribution in [0.3, 0.4) is 0 Å². The average Bonchev–Trinajstić information content (AvgIpc) is 2.34. The number of urea groups is 1. The first-order valence-corrected chi connectivity index (χ1v) is 5.78. The third-order valence-corrected chi connectivity index (χ3v) is 2.62. The molecule has 0 aromatic carbocycles. The zero-order valence-corrected chi connectivity index (χ0v) is 10.1. The van der Waals surface area contributed by atoms with E-state index in [0.717, 1.165) is 0 Å². The monoisotopic (exact) mass is 246 g/mol. The number of rotatable bonds is 3. The van der Waals surface area contributed by atoms with Gasteiger partial charge in [0, 0.05) is 18.8 Å². The lowest BCUT2D eigenvalue weighted by Gasteiger charge is -2.38. The predicted molar refractivity (Wildman–Crippen MR) is 64.0 cm³/mol. The van der Waals surface area contributed by atoms with E-state index in [0.29, 0.717) is 31.1 Å². The van der Waals surface area contributed by atoms with Crippen LogP contribution < -0.4 is 10.1 Å². The molecule has 1 fully saturated rings. The van der Waals surface area contributed by atoms with E-state index in [1.807, 2.05) is 13.0 Å². The number of pyridine rings is 1. The van der Waals surface area contributed by atoms with Crippen LogP contribution in [0.25, 0.3) is 0 Å². The Morgan fingerprint density at radius 2 is 2.44 bits per heavy atom. The molecule has 0 aliphatic carbocycles. The summed E-state index contributed by atoms with van der Waals surface area (Å²) in [5.41, 5.74) is 0.500. The van der Waals surface area contributed by atoms with Crippen molar-refractivity contribution in [3.63, 3.8) is 0 Å². The first kappa shape index (κ1) is 12.2. The Kier molecular flexibility index (Phi) is 3.63. The van der Waals surface area contributed by atoms with Crippen LogP contribution in [0.4, 0.5) is 4.79 Å². The van der Waals surface area contributed by atoms with Crippen LogP contribution in [0.15, 0.2) is 18.3 Å². The third kappa shape index (κ3) is 2.69. The van der Waals surface area contributed by atoms with Gasteiger partial charge in [-0.2, -0.15) is 5.26 Å². The van der Waals surface area contributed by atoms with Crippen molar-refractivity contribution < 1.29 is 9.53 Å². The van der Waals surface area contributed by atoms with Crippen LogP contribution in [-0.4, -0.2) is 41.7 Å². The van der Waals surface area contributed by atoms with Gasteiger partial charge >= 0.3 is 6.03 Å². The molecule has 2 heterocycles. The second-order valence-electron chi connectivity index (χ2n) is 3.98. The normalized spacial score (nSPS) is 14.6. The number of amides is 2. The second kappa shape index (κ2) is 5.36. The van der Waals surface area contributed by atoms with Crippen LogP contribution in [-0.2, 0) is 0 Å². The molecule has 0 spiro atoms. The summed E-state index contributed by atoms with van der Waals surface area (Å²) in [5.74, 6) is 0.481. The van der Waals surface area contributed by atoms with Crippen LogP contribution in [0.2, 0.25) is 0 Å². The van der Waals surface area contributed by atoms with Crippen molar-refractivity contribution in [2.24, 2.45) is 0 Å². The molecule has 2 rings (SSSR count). The van der Waals surface area contributed by atoms with Gasteiger partial charge in [-0.1, -0.05) is 0 Å². The summed E-state index contributed by atoms with van der Waals surface area (Å²) in [7, 11) is 0. The summed E-state index contributed by atoms with van der Waals surface area (Å²) < 4.78 is 5.57. The van der Waals surface area contributed by atoms with Crippen LogP contribution >= 0.6 is 0 Å². The van der Waals surface area contributed by atoms with Gasteiger partial charge in [0.25, 0.3) is 0 Å². The molecule has 1 aromatic heterocycles. The number of carbonyl (C=O) groups excluding carboxylic acids is 1. The minimum atomic E-state index is -0.0647. The first-order chi connectivity index (χ1) is 8.72. The lowest BCUT2D eigenvalue weighted by molar-refractivity contribution is 0.0416. The highest BCUT2D eigenvalue weighted by atomic mass is 16.5. The van der Waals surface area contributed by atoms with Crippen molar-refractivity contribution in [3.05, 3.63) is 23.9 Å². The number of aromatic nitrogens is 1. The quantitative estimate of drug-likeness (QED) is 0.853. The second-order valence-corrected chi connectivity index (χ2v) is 3.98. The molecule has 1 aromatic rings. The fraction of sp³-hybridized carbons (Fsp3) is 0.417. The Hall–Kier alpha value is -2.29. The SMILES string of the molecule is CCNC(=O)N1CC(Oc2ccc(C#N)cn2)C1. The highest BCUT2D eigenvalue weighted by Gasteiger charge is 2.32. The standard InChI is InChI=1S/C12H14N4O2/c1-2-14-12(17)16-7-10(8-16)18-11-4-3-9(5-13)6-15-11/h3-4,6,10H,2,7-8H2,1H3,(H,14,17). The van der Waals surface area contributed by atoms with Crippen molar-refractivity contribution in [1.82, 2.24) is 15.2 Å². The van der Waals surface area contributed by atoms with Crippen LogP contribution in [0.1, 0.15) is 12.5 Å². The summed E-state index contributed by atoms with van der Waals surface area (Å²) in [6.07, 6.45) is 1.45. The van der Waals surface area contributed by atoms with Crippen molar-refractivity contribution in [3.8, 4) is 11.9 Å². The van der Waals surface area contributed by atoms with E-state index < -0.39 is 0 Å². The number of nitriles is 1. The molecule has 1 N–H and O–H groups in total. The minimum Gasteiger partial charge on any atom is -0.471 e. The van der Waals surface area contributed by atoms with E-state index in [4.69, 9.17) is 10.00 Å². The van der Waals surface area contributed by atoms with E-state index in [2.05, 4.69) is 10.3 Å². The van der Waals surface area contributed by atoms with Crippen molar-refractivity contribution in [2.45, 2.75) is 13.0 Å². The number of nitrogens with one attached hydrogen (secondary N) is 1. The maximum Gasteiger partial charge on any atom is 0.317 e.